The van der Waals surface area contributed by atoms with Gasteiger partial charge in [-0.05, 0) is 0 Å². The van der Waals surface area contributed by atoms with Crippen molar-refractivity contribution >= 4 is 31.6 Å². The first kappa shape index (κ1) is 18.3. The van der Waals surface area contributed by atoms with Crippen molar-refractivity contribution in [2.24, 2.45) is 0 Å². The maximum absolute atomic E-state index is 2.40. The van der Waals surface area contributed by atoms with Crippen LogP contribution in [0.1, 0.15) is 33.4 Å². The molecule has 0 aliphatic heterocycles. The summed E-state index contributed by atoms with van der Waals surface area (Å²) >= 11 is -2.40. The van der Waals surface area contributed by atoms with Gasteiger partial charge in [0.1, 0.15) is 0 Å². The van der Waals surface area contributed by atoms with Crippen LogP contribution in [0.4, 0.5) is 0 Å². The summed E-state index contributed by atoms with van der Waals surface area (Å²) in [5, 5.41) is 0. The Balaban J connectivity index is 2.42. The summed E-state index contributed by atoms with van der Waals surface area (Å²) in [4.78, 5) is 0. The molecule has 1 heteroatoms. The Bertz CT molecular complexity index is 738. The number of aryl methyl sites for hydroxylation is 6. The number of hydrogen-bond acceptors (Lipinski definition) is 0. The van der Waals surface area contributed by atoms with Crippen LogP contribution in [-0.2, 0) is 0 Å². The molecule has 25 heavy (non-hydrogen) atoms. The van der Waals surface area contributed by atoms with Gasteiger partial charge in [0.2, 0.25) is 0 Å². The molecule has 3 rings (SSSR count). The van der Waals surface area contributed by atoms with Crippen LogP contribution in [0, 0.1) is 41.5 Å². The fraction of sp³-hybridized carbons (Fsp3) is 0.250. The minimum absolute atomic E-state index is 1.46. The minimum atomic E-state index is -2.40. The van der Waals surface area contributed by atoms with Crippen molar-refractivity contribution in [2.75, 3.05) is 0 Å². The standard InChI is InChI=1S/3C8H9.Bi/c3*1-7-4-3-5-8(2)6-7;/h3*3-5H,1-2H3;. The average Bonchev–Trinajstić information content (AvgIpc) is 2.53. The predicted octanol–water partition coefficient (Wildman–Crippen LogP) is 4.05. The van der Waals surface area contributed by atoms with Gasteiger partial charge >= 0.3 is 161 Å². The molecule has 0 heterocycles. The quantitative estimate of drug-likeness (QED) is 0.454. The fourth-order valence-electron chi connectivity index (χ4n) is 3.81. The summed E-state index contributed by atoms with van der Waals surface area (Å²) in [5.74, 6) is 0. The van der Waals surface area contributed by atoms with Gasteiger partial charge in [-0.3, -0.25) is 0 Å². The number of rotatable bonds is 3. The zero-order valence-electron chi connectivity index (χ0n) is 16.1. The van der Waals surface area contributed by atoms with E-state index in [9.17, 15) is 0 Å². The third kappa shape index (κ3) is 3.45. The van der Waals surface area contributed by atoms with Gasteiger partial charge in [-0.15, -0.1) is 0 Å². The second kappa shape index (κ2) is 7.42. The molecule has 0 unspecified atom stereocenters. The van der Waals surface area contributed by atoms with E-state index in [1.54, 1.807) is 9.81 Å². The molecule has 0 radical (unpaired) electrons. The van der Waals surface area contributed by atoms with E-state index in [4.69, 9.17) is 0 Å². The predicted molar refractivity (Wildman–Crippen MR) is 112 cm³/mol. The molecule has 0 aliphatic carbocycles. The SMILES string of the molecule is Cc1cccc(C)[c]1[Bi]([c]1c(C)cccc1C)[c]1c(C)cccc1C. The van der Waals surface area contributed by atoms with Crippen LogP contribution in [0.5, 0.6) is 0 Å². The van der Waals surface area contributed by atoms with Crippen LogP contribution < -0.4 is 9.81 Å². The van der Waals surface area contributed by atoms with Gasteiger partial charge in [-0.25, -0.2) is 0 Å². The van der Waals surface area contributed by atoms with Gasteiger partial charge in [-0.1, -0.05) is 0 Å². The first-order valence-electron chi connectivity index (χ1n) is 8.90. The molecule has 0 saturated carbocycles. The summed E-state index contributed by atoms with van der Waals surface area (Å²) < 4.78 is 4.98. The van der Waals surface area contributed by atoms with E-state index in [1.165, 1.54) is 33.4 Å². The summed E-state index contributed by atoms with van der Waals surface area (Å²) in [6, 6.07) is 20.4. The van der Waals surface area contributed by atoms with E-state index in [-0.39, 0.29) is 0 Å². The van der Waals surface area contributed by atoms with Crippen molar-refractivity contribution in [3.63, 3.8) is 0 Å². The molecule has 0 atom stereocenters. The van der Waals surface area contributed by atoms with Gasteiger partial charge in [0.15, 0.2) is 0 Å². The van der Waals surface area contributed by atoms with E-state index in [2.05, 4.69) is 96.1 Å². The topological polar surface area (TPSA) is 0 Å². The van der Waals surface area contributed by atoms with Crippen LogP contribution in [0.2, 0.25) is 0 Å². The molecule has 3 aromatic carbocycles. The molecule has 0 fully saturated rings. The Morgan fingerprint density at radius 3 is 0.800 bits per heavy atom. The Morgan fingerprint density at radius 1 is 0.400 bits per heavy atom. The second-order valence-corrected chi connectivity index (χ2v) is 14.9. The molecular formula is C24H27Bi. The van der Waals surface area contributed by atoms with Crippen molar-refractivity contribution < 1.29 is 0 Å². The summed E-state index contributed by atoms with van der Waals surface area (Å²) in [6.45, 7) is 13.8. The molecule has 0 aliphatic rings. The molecule has 128 valence electrons. The van der Waals surface area contributed by atoms with Crippen LogP contribution in [-0.4, -0.2) is 21.8 Å². The van der Waals surface area contributed by atoms with Gasteiger partial charge in [0, 0.05) is 0 Å². The molecular weight excluding hydrogens is 497 g/mol. The molecule has 0 amide bonds. The van der Waals surface area contributed by atoms with Crippen molar-refractivity contribution in [1.29, 1.82) is 0 Å². The first-order chi connectivity index (χ1) is 11.9. The van der Waals surface area contributed by atoms with Crippen molar-refractivity contribution in [1.82, 2.24) is 0 Å². The Labute approximate surface area is 160 Å². The van der Waals surface area contributed by atoms with Gasteiger partial charge in [0.25, 0.3) is 0 Å². The summed E-state index contributed by atoms with van der Waals surface area (Å²) in [6.07, 6.45) is 0. The fourth-order valence-corrected chi connectivity index (χ4v) is 16.4. The van der Waals surface area contributed by atoms with Gasteiger partial charge in [0.05, 0.1) is 0 Å². The maximum atomic E-state index is 2.30. The van der Waals surface area contributed by atoms with E-state index in [0.29, 0.717) is 0 Å². The number of benzene rings is 3. The van der Waals surface area contributed by atoms with Crippen LogP contribution in [0.25, 0.3) is 0 Å². The zero-order valence-corrected chi connectivity index (χ0v) is 19.6. The number of hydrogen-bond donors (Lipinski definition) is 0. The summed E-state index contributed by atoms with van der Waals surface area (Å²) in [7, 11) is 0. The van der Waals surface area contributed by atoms with E-state index in [0.717, 1.165) is 0 Å². The third-order valence-corrected chi connectivity index (χ3v) is 18.4. The van der Waals surface area contributed by atoms with Crippen LogP contribution in [0.15, 0.2) is 54.6 Å². The normalized spacial score (nSPS) is 11.2. The molecule has 0 saturated heterocycles. The van der Waals surface area contributed by atoms with Crippen LogP contribution in [0.3, 0.4) is 0 Å². The van der Waals surface area contributed by atoms with Crippen LogP contribution >= 0.6 is 0 Å². The van der Waals surface area contributed by atoms with Crippen molar-refractivity contribution in [3.8, 4) is 0 Å². The van der Waals surface area contributed by atoms with Crippen molar-refractivity contribution in [2.45, 2.75) is 41.5 Å². The third-order valence-electron chi connectivity index (χ3n) is 4.99. The van der Waals surface area contributed by atoms with E-state index < -0.39 is 21.8 Å². The molecule has 0 N–H and O–H groups in total. The van der Waals surface area contributed by atoms with E-state index in [1.807, 2.05) is 0 Å². The van der Waals surface area contributed by atoms with E-state index >= 15 is 0 Å². The molecule has 0 nitrogen and oxygen atoms in total. The molecule has 0 spiro atoms. The van der Waals surface area contributed by atoms with Gasteiger partial charge < -0.3 is 0 Å². The second-order valence-electron chi connectivity index (χ2n) is 7.06. The first-order valence-corrected chi connectivity index (χ1v) is 14.1. The molecule has 0 bridgehead atoms. The summed E-state index contributed by atoms with van der Waals surface area (Å²) in [5.41, 5.74) is 8.77. The zero-order chi connectivity index (χ0) is 18.1. The molecule has 0 aromatic heterocycles. The Hall–Kier alpha value is -1.46. The van der Waals surface area contributed by atoms with Crippen molar-refractivity contribution in [3.05, 3.63) is 88.0 Å². The molecule has 3 aromatic rings. The Morgan fingerprint density at radius 2 is 0.600 bits per heavy atom. The monoisotopic (exact) mass is 524 g/mol. The van der Waals surface area contributed by atoms with Gasteiger partial charge in [-0.2, -0.15) is 0 Å². The Kier molecular flexibility index (Phi) is 5.44. The average molecular weight is 524 g/mol.